The van der Waals surface area contributed by atoms with Gasteiger partial charge in [0.05, 0.1) is 24.7 Å². The molecule has 0 radical (unpaired) electrons. The van der Waals surface area contributed by atoms with Crippen molar-refractivity contribution in [2.75, 3.05) is 27.4 Å². The third kappa shape index (κ3) is 5.43. The van der Waals surface area contributed by atoms with Gasteiger partial charge in [0.2, 0.25) is 0 Å². The van der Waals surface area contributed by atoms with Gasteiger partial charge >= 0.3 is 5.97 Å². The van der Waals surface area contributed by atoms with Crippen LogP contribution in [0.5, 0.6) is 11.5 Å². The monoisotopic (exact) mass is 420 g/mol. The Morgan fingerprint density at radius 2 is 1.90 bits per heavy atom. The molecule has 160 valence electrons. The summed E-state index contributed by atoms with van der Waals surface area (Å²) in [7, 11) is 2.74. The van der Waals surface area contributed by atoms with Gasteiger partial charge in [0.25, 0.3) is 11.6 Å². The molecule has 0 N–H and O–H groups in total. The normalized spacial score (nSPS) is 10.3. The molecule has 30 heavy (non-hydrogen) atoms. The summed E-state index contributed by atoms with van der Waals surface area (Å²) in [4.78, 5) is 36.4. The van der Waals surface area contributed by atoms with Gasteiger partial charge in [-0.15, -0.1) is 0 Å². The summed E-state index contributed by atoms with van der Waals surface area (Å²) in [6.07, 6.45) is 0. The molecule has 0 heterocycles. The predicted octanol–water partition coefficient (Wildman–Crippen LogP) is 2.96. The minimum atomic E-state index is -1.07. The van der Waals surface area contributed by atoms with Crippen LogP contribution in [0.4, 0.5) is 10.1 Å². The van der Waals surface area contributed by atoms with Crippen molar-refractivity contribution in [3.8, 4) is 11.5 Å². The molecular formula is C20H21FN2O7. The molecule has 0 spiro atoms. The van der Waals surface area contributed by atoms with Gasteiger partial charge in [0, 0.05) is 25.2 Å². The number of hydrogen-bond donors (Lipinski definition) is 0. The maximum Gasteiger partial charge on any atom is 0.345 e. The van der Waals surface area contributed by atoms with Crippen molar-refractivity contribution in [3.05, 3.63) is 63.5 Å². The van der Waals surface area contributed by atoms with Crippen molar-refractivity contribution in [2.45, 2.75) is 13.5 Å². The molecule has 9 nitrogen and oxygen atoms in total. The average Bonchev–Trinajstić information content (AvgIpc) is 2.73. The number of nitrogens with zero attached hydrogens (tertiary/aromatic N) is 2. The van der Waals surface area contributed by atoms with Crippen LogP contribution in [-0.2, 0) is 16.1 Å². The fraction of sp³-hybridized carbons (Fsp3) is 0.300. The molecule has 0 atom stereocenters. The Morgan fingerprint density at radius 3 is 2.50 bits per heavy atom. The van der Waals surface area contributed by atoms with E-state index in [4.69, 9.17) is 14.2 Å². The summed E-state index contributed by atoms with van der Waals surface area (Å²) < 4.78 is 29.0. The zero-order valence-electron chi connectivity index (χ0n) is 16.7. The van der Waals surface area contributed by atoms with Crippen molar-refractivity contribution in [1.29, 1.82) is 0 Å². The Hall–Kier alpha value is -3.69. The van der Waals surface area contributed by atoms with E-state index in [2.05, 4.69) is 0 Å². The quantitative estimate of drug-likeness (QED) is 0.349. The Balaban J connectivity index is 2.12. The van der Waals surface area contributed by atoms with Crippen molar-refractivity contribution >= 4 is 17.6 Å². The highest BCUT2D eigenvalue weighted by molar-refractivity contribution is 5.96. The van der Waals surface area contributed by atoms with E-state index in [0.29, 0.717) is 5.56 Å². The van der Waals surface area contributed by atoms with E-state index in [0.717, 1.165) is 12.1 Å². The molecule has 0 fully saturated rings. The molecule has 10 heteroatoms. The number of carbonyl (C=O) groups excluding carboxylic acids is 2. The van der Waals surface area contributed by atoms with E-state index < -0.39 is 34.9 Å². The fourth-order valence-electron chi connectivity index (χ4n) is 2.58. The molecule has 0 unspecified atom stereocenters. The molecule has 0 aromatic heterocycles. The van der Waals surface area contributed by atoms with Crippen LogP contribution in [0.1, 0.15) is 22.8 Å². The molecule has 0 aliphatic carbocycles. The minimum absolute atomic E-state index is 0.0277. The first-order chi connectivity index (χ1) is 14.3. The fourth-order valence-corrected chi connectivity index (χ4v) is 2.58. The number of carbonyl (C=O) groups is 2. The Bertz CT molecular complexity index is 949. The van der Waals surface area contributed by atoms with Gasteiger partial charge < -0.3 is 19.1 Å². The van der Waals surface area contributed by atoms with Crippen molar-refractivity contribution in [1.82, 2.24) is 4.90 Å². The molecular weight excluding hydrogens is 399 g/mol. The van der Waals surface area contributed by atoms with Gasteiger partial charge in [-0.1, -0.05) is 18.2 Å². The first kappa shape index (κ1) is 22.6. The largest absolute Gasteiger partial charge is 0.493 e. The summed E-state index contributed by atoms with van der Waals surface area (Å²) in [5.41, 5.74) is -0.632. The molecule has 2 aromatic rings. The van der Waals surface area contributed by atoms with E-state index in [1.807, 2.05) is 0 Å². The molecule has 1 amide bonds. The number of ether oxygens (including phenoxy) is 3. The number of likely N-dealkylation sites (N-methyl/N-ethyl adjacent to an activating group) is 1. The van der Waals surface area contributed by atoms with Crippen molar-refractivity contribution in [3.63, 3.8) is 0 Å². The molecule has 2 aromatic carbocycles. The molecule has 0 aliphatic heterocycles. The SMILES string of the molecule is CCOc1cc([N+](=O)[O-])c(C(=O)OCC(=O)N(C)Cc2ccccc2F)cc1OC. The zero-order valence-corrected chi connectivity index (χ0v) is 16.7. The van der Waals surface area contributed by atoms with Gasteiger partial charge in [-0.25, -0.2) is 9.18 Å². The molecule has 0 aliphatic rings. The second kappa shape index (κ2) is 10.2. The highest BCUT2D eigenvalue weighted by atomic mass is 19.1. The summed E-state index contributed by atoms with van der Waals surface area (Å²) in [6.45, 7) is 1.23. The van der Waals surface area contributed by atoms with Gasteiger partial charge in [-0.05, 0) is 13.0 Å². The van der Waals surface area contributed by atoms with Gasteiger partial charge in [0.15, 0.2) is 18.1 Å². The lowest BCUT2D eigenvalue weighted by Crippen LogP contribution is -2.31. The lowest BCUT2D eigenvalue weighted by molar-refractivity contribution is -0.385. The van der Waals surface area contributed by atoms with Crippen LogP contribution in [0.2, 0.25) is 0 Å². The van der Waals surface area contributed by atoms with E-state index in [1.54, 1.807) is 13.0 Å². The summed E-state index contributed by atoms with van der Waals surface area (Å²) in [5.74, 6) is -1.93. The summed E-state index contributed by atoms with van der Waals surface area (Å²) in [5, 5.41) is 11.4. The number of halogens is 1. The van der Waals surface area contributed by atoms with Crippen LogP contribution in [0.25, 0.3) is 0 Å². The molecule has 0 saturated heterocycles. The highest BCUT2D eigenvalue weighted by Gasteiger charge is 2.26. The Morgan fingerprint density at radius 1 is 1.20 bits per heavy atom. The number of rotatable bonds is 9. The van der Waals surface area contributed by atoms with Gasteiger partial charge in [0.1, 0.15) is 11.4 Å². The van der Waals surface area contributed by atoms with Crippen LogP contribution in [0.3, 0.4) is 0 Å². The van der Waals surface area contributed by atoms with Crippen LogP contribution in [-0.4, -0.2) is 49.1 Å². The summed E-state index contributed by atoms with van der Waals surface area (Å²) in [6, 6.07) is 8.15. The number of methoxy groups -OCH3 is 1. The van der Waals surface area contributed by atoms with Gasteiger partial charge in [-0.2, -0.15) is 0 Å². The first-order valence-electron chi connectivity index (χ1n) is 8.92. The van der Waals surface area contributed by atoms with Crippen molar-refractivity contribution in [2.24, 2.45) is 0 Å². The van der Waals surface area contributed by atoms with Gasteiger partial charge in [-0.3, -0.25) is 14.9 Å². The Kier molecular flexibility index (Phi) is 7.68. The summed E-state index contributed by atoms with van der Waals surface area (Å²) >= 11 is 0. The second-order valence-corrected chi connectivity index (χ2v) is 6.13. The first-order valence-corrected chi connectivity index (χ1v) is 8.92. The van der Waals surface area contributed by atoms with E-state index in [1.165, 1.54) is 37.3 Å². The topological polar surface area (TPSA) is 108 Å². The number of nitro groups is 1. The maximum atomic E-state index is 13.7. The number of benzene rings is 2. The lowest BCUT2D eigenvalue weighted by Gasteiger charge is -2.17. The number of hydrogen-bond acceptors (Lipinski definition) is 7. The zero-order chi connectivity index (χ0) is 22.3. The minimum Gasteiger partial charge on any atom is -0.493 e. The smallest absolute Gasteiger partial charge is 0.345 e. The highest BCUT2D eigenvalue weighted by Crippen LogP contribution is 2.35. The van der Waals surface area contributed by atoms with Crippen LogP contribution < -0.4 is 9.47 Å². The average molecular weight is 420 g/mol. The van der Waals surface area contributed by atoms with Crippen LogP contribution in [0, 0.1) is 15.9 Å². The van der Waals surface area contributed by atoms with Crippen LogP contribution in [0.15, 0.2) is 36.4 Å². The van der Waals surface area contributed by atoms with E-state index in [-0.39, 0.29) is 30.2 Å². The molecule has 0 bridgehead atoms. The number of amides is 1. The predicted molar refractivity (Wildman–Crippen MR) is 104 cm³/mol. The number of nitro benzene ring substituents is 1. The van der Waals surface area contributed by atoms with E-state index in [9.17, 15) is 24.1 Å². The Labute approximate surface area is 172 Å². The van der Waals surface area contributed by atoms with Crippen LogP contribution >= 0.6 is 0 Å². The second-order valence-electron chi connectivity index (χ2n) is 6.13. The lowest BCUT2D eigenvalue weighted by atomic mass is 10.1. The maximum absolute atomic E-state index is 13.7. The molecule has 2 rings (SSSR count). The third-order valence-electron chi connectivity index (χ3n) is 4.12. The number of esters is 1. The molecule has 0 saturated carbocycles. The van der Waals surface area contributed by atoms with Crippen molar-refractivity contribution < 1.29 is 33.1 Å². The van der Waals surface area contributed by atoms with E-state index >= 15 is 0 Å². The standard InChI is InChI=1S/C20H21FN2O7/c1-4-29-18-10-16(23(26)27)14(9-17(18)28-3)20(25)30-12-19(24)22(2)11-13-7-5-6-8-15(13)21/h5-10H,4,11-12H2,1-3H3. The third-order valence-corrected chi connectivity index (χ3v) is 4.12.